The molecule has 0 saturated heterocycles. The van der Waals surface area contributed by atoms with Gasteiger partial charge in [-0.2, -0.15) is 0 Å². The number of nitrogens with zero attached hydrogens (tertiary/aromatic N) is 1. The minimum atomic E-state index is 1.09. The molecule has 2 heterocycles. The number of rotatable bonds is 2. The van der Waals surface area contributed by atoms with Crippen LogP contribution in [0.1, 0.15) is 0 Å². The molecule has 0 spiro atoms. The summed E-state index contributed by atoms with van der Waals surface area (Å²) in [6, 6.07) is 39.6. The number of para-hydroxylation sites is 1. The fourth-order valence-corrected chi connectivity index (χ4v) is 6.49. The molecule has 0 aliphatic heterocycles. The molecule has 0 atom stereocenters. The number of fused-ring (bicyclic) bond motifs is 6. The predicted octanol–water partition coefficient (Wildman–Crippen LogP) is 9.58. The summed E-state index contributed by atoms with van der Waals surface area (Å²) in [6.07, 6.45) is 0. The molecular formula is C30H18BrNS. The van der Waals surface area contributed by atoms with Crippen LogP contribution < -0.4 is 0 Å². The van der Waals surface area contributed by atoms with Gasteiger partial charge in [0.05, 0.1) is 11.0 Å². The van der Waals surface area contributed by atoms with Gasteiger partial charge in [-0.1, -0.05) is 82.7 Å². The number of thiophene rings is 1. The molecule has 156 valence electrons. The minimum absolute atomic E-state index is 1.09. The molecule has 1 nitrogen and oxygen atoms in total. The standard InChI is InChI=1S/C30H18BrNS/c31-21-7-5-6-19(16-21)20-12-14-24-23-8-1-3-10-27(23)32(28(24)17-20)22-13-15-26-25-9-2-4-11-29(25)33-30(26)18-22/h1-18H. The highest BCUT2D eigenvalue weighted by Gasteiger charge is 2.14. The van der Waals surface area contributed by atoms with E-state index in [1.165, 1.54) is 58.8 Å². The largest absolute Gasteiger partial charge is 0.309 e. The molecule has 3 heteroatoms. The fraction of sp³-hybridized carbons (Fsp3) is 0. The van der Waals surface area contributed by atoms with Crippen molar-refractivity contribution in [2.24, 2.45) is 0 Å². The van der Waals surface area contributed by atoms with E-state index in [4.69, 9.17) is 0 Å². The summed E-state index contributed by atoms with van der Waals surface area (Å²) in [6.45, 7) is 0. The van der Waals surface area contributed by atoms with Crippen LogP contribution in [0.5, 0.6) is 0 Å². The van der Waals surface area contributed by atoms with Crippen molar-refractivity contribution in [3.05, 3.63) is 114 Å². The van der Waals surface area contributed by atoms with E-state index in [2.05, 4.69) is 130 Å². The predicted molar refractivity (Wildman–Crippen MR) is 147 cm³/mol. The average molecular weight is 504 g/mol. The van der Waals surface area contributed by atoms with Crippen molar-refractivity contribution in [3.8, 4) is 16.8 Å². The summed E-state index contributed by atoms with van der Waals surface area (Å²) < 4.78 is 6.16. The summed E-state index contributed by atoms with van der Waals surface area (Å²) in [7, 11) is 0. The second-order valence-electron chi connectivity index (χ2n) is 8.37. The highest BCUT2D eigenvalue weighted by atomic mass is 79.9. The minimum Gasteiger partial charge on any atom is -0.309 e. The molecule has 0 amide bonds. The summed E-state index contributed by atoms with van der Waals surface area (Å²) in [5, 5.41) is 5.23. The lowest BCUT2D eigenvalue weighted by Gasteiger charge is -2.09. The monoisotopic (exact) mass is 503 g/mol. The molecule has 0 N–H and O–H groups in total. The van der Waals surface area contributed by atoms with E-state index >= 15 is 0 Å². The fourth-order valence-electron chi connectivity index (χ4n) is 4.95. The summed E-state index contributed by atoms with van der Waals surface area (Å²) in [5.74, 6) is 0. The quantitative estimate of drug-likeness (QED) is 0.221. The Kier molecular flexibility index (Phi) is 4.23. The van der Waals surface area contributed by atoms with E-state index in [-0.39, 0.29) is 0 Å². The van der Waals surface area contributed by atoms with Crippen molar-refractivity contribution < 1.29 is 0 Å². The Morgan fingerprint density at radius 2 is 1.24 bits per heavy atom. The Labute approximate surface area is 203 Å². The molecule has 0 unspecified atom stereocenters. The van der Waals surface area contributed by atoms with E-state index < -0.39 is 0 Å². The van der Waals surface area contributed by atoms with Crippen LogP contribution in [0, 0.1) is 0 Å². The molecule has 2 aromatic heterocycles. The summed E-state index contributed by atoms with van der Waals surface area (Å²) in [4.78, 5) is 0. The van der Waals surface area contributed by atoms with Gasteiger partial charge >= 0.3 is 0 Å². The van der Waals surface area contributed by atoms with Crippen molar-refractivity contribution in [1.82, 2.24) is 4.57 Å². The van der Waals surface area contributed by atoms with Gasteiger partial charge in [0.25, 0.3) is 0 Å². The Morgan fingerprint density at radius 1 is 0.515 bits per heavy atom. The van der Waals surface area contributed by atoms with Crippen molar-refractivity contribution in [2.75, 3.05) is 0 Å². The first-order valence-corrected chi connectivity index (χ1v) is 12.6. The van der Waals surface area contributed by atoms with Crippen LogP contribution in [0.3, 0.4) is 0 Å². The smallest absolute Gasteiger partial charge is 0.0547 e. The van der Waals surface area contributed by atoms with E-state index in [9.17, 15) is 0 Å². The molecule has 0 radical (unpaired) electrons. The third-order valence-electron chi connectivity index (χ3n) is 6.45. The lowest BCUT2D eigenvalue weighted by molar-refractivity contribution is 1.19. The first-order chi connectivity index (χ1) is 16.3. The Bertz CT molecular complexity index is 1840. The highest BCUT2D eigenvalue weighted by molar-refractivity contribution is 9.10. The molecule has 0 bridgehead atoms. The number of hydrogen-bond donors (Lipinski definition) is 0. The van der Waals surface area contributed by atoms with Gasteiger partial charge in [-0.25, -0.2) is 0 Å². The molecule has 0 aliphatic carbocycles. The van der Waals surface area contributed by atoms with Crippen molar-refractivity contribution in [2.45, 2.75) is 0 Å². The lowest BCUT2D eigenvalue weighted by Crippen LogP contribution is -1.93. The molecule has 33 heavy (non-hydrogen) atoms. The molecule has 0 saturated carbocycles. The number of benzene rings is 5. The zero-order valence-electron chi connectivity index (χ0n) is 17.6. The second-order valence-corrected chi connectivity index (χ2v) is 10.4. The van der Waals surface area contributed by atoms with Crippen LogP contribution in [-0.2, 0) is 0 Å². The van der Waals surface area contributed by atoms with Crippen molar-refractivity contribution in [3.63, 3.8) is 0 Å². The Balaban J connectivity index is 1.53. The van der Waals surface area contributed by atoms with Crippen LogP contribution in [0.25, 0.3) is 58.8 Å². The van der Waals surface area contributed by atoms with Gasteiger partial charge in [0, 0.05) is 41.1 Å². The Hall–Kier alpha value is -3.40. The molecular weight excluding hydrogens is 486 g/mol. The zero-order valence-corrected chi connectivity index (χ0v) is 20.0. The van der Waals surface area contributed by atoms with Gasteiger partial charge in [0.2, 0.25) is 0 Å². The van der Waals surface area contributed by atoms with Crippen LogP contribution in [-0.4, -0.2) is 4.57 Å². The SMILES string of the molecule is Brc1cccc(-c2ccc3c4ccccc4n(-c4ccc5c(c4)sc4ccccc45)c3c2)c1. The van der Waals surface area contributed by atoms with Gasteiger partial charge in [-0.3, -0.25) is 0 Å². The number of halogens is 1. The second kappa shape index (κ2) is 7.31. The molecule has 7 aromatic rings. The van der Waals surface area contributed by atoms with Crippen LogP contribution in [0.2, 0.25) is 0 Å². The summed E-state index contributed by atoms with van der Waals surface area (Å²) in [5.41, 5.74) is 6.10. The maximum Gasteiger partial charge on any atom is 0.0547 e. The van der Waals surface area contributed by atoms with E-state index in [0.717, 1.165) is 4.47 Å². The first kappa shape index (κ1) is 19.1. The van der Waals surface area contributed by atoms with Crippen molar-refractivity contribution >= 4 is 69.2 Å². The average Bonchev–Trinajstić information content (AvgIpc) is 3.38. The normalized spacial score (nSPS) is 11.8. The number of hydrogen-bond acceptors (Lipinski definition) is 1. The van der Waals surface area contributed by atoms with Gasteiger partial charge in [-0.05, 0) is 53.6 Å². The topological polar surface area (TPSA) is 4.93 Å². The lowest BCUT2D eigenvalue weighted by atomic mass is 10.0. The summed E-state index contributed by atoms with van der Waals surface area (Å²) >= 11 is 5.49. The number of aromatic nitrogens is 1. The maximum absolute atomic E-state index is 3.62. The van der Waals surface area contributed by atoms with E-state index in [1.807, 2.05) is 11.3 Å². The van der Waals surface area contributed by atoms with Crippen LogP contribution >= 0.6 is 27.3 Å². The van der Waals surface area contributed by atoms with E-state index in [1.54, 1.807) is 0 Å². The molecule has 0 fully saturated rings. The van der Waals surface area contributed by atoms with Gasteiger partial charge in [0.15, 0.2) is 0 Å². The van der Waals surface area contributed by atoms with Crippen LogP contribution in [0.4, 0.5) is 0 Å². The van der Waals surface area contributed by atoms with Gasteiger partial charge in [-0.15, -0.1) is 11.3 Å². The molecule has 0 aliphatic rings. The van der Waals surface area contributed by atoms with Crippen molar-refractivity contribution in [1.29, 1.82) is 0 Å². The van der Waals surface area contributed by atoms with E-state index in [0.29, 0.717) is 0 Å². The maximum atomic E-state index is 3.62. The third kappa shape index (κ3) is 2.97. The molecule has 7 rings (SSSR count). The zero-order chi connectivity index (χ0) is 21.9. The van der Waals surface area contributed by atoms with Crippen LogP contribution in [0.15, 0.2) is 114 Å². The third-order valence-corrected chi connectivity index (χ3v) is 8.08. The van der Waals surface area contributed by atoms with Gasteiger partial charge < -0.3 is 4.57 Å². The molecule has 5 aromatic carbocycles. The Morgan fingerprint density at radius 3 is 2.15 bits per heavy atom. The first-order valence-electron chi connectivity index (χ1n) is 11.0. The van der Waals surface area contributed by atoms with Gasteiger partial charge in [0.1, 0.15) is 0 Å². The highest BCUT2D eigenvalue weighted by Crippen LogP contribution is 2.38.